The Labute approximate surface area is 93.7 Å². The summed E-state index contributed by atoms with van der Waals surface area (Å²) in [6.45, 7) is 6.90. The smallest absolute Gasteiger partial charge is 0.0177 e. The van der Waals surface area contributed by atoms with Crippen molar-refractivity contribution in [2.24, 2.45) is 5.41 Å². The largest absolute Gasteiger partial charge is 0.377 e. The van der Waals surface area contributed by atoms with Gasteiger partial charge in [-0.25, -0.2) is 0 Å². The second-order valence-electron chi connectivity index (χ2n) is 5.64. The minimum Gasteiger partial charge on any atom is -0.377 e. The first kappa shape index (κ1) is 11.0. The summed E-state index contributed by atoms with van der Waals surface area (Å²) in [5, 5.41) is 3.39. The number of likely N-dealkylation sites (tertiary alicyclic amines) is 1. The van der Waals surface area contributed by atoms with Crippen LogP contribution in [0.25, 0.3) is 0 Å². The first-order valence-corrected chi connectivity index (χ1v) is 6.20. The third-order valence-corrected chi connectivity index (χ3v) is 4.07. The summed E-state index contributed by atoms with van der Waals surface area (Å²) in [6.07, 6.45) is 7.93. The lowest BCUT2D eigenvalue weighted by atomic mass is 9.60. The molecule has 2 fully saturated rings. The van der Waals surface area contributed by atoms with Crippen molar-refractivity contribution in [1.29, 1.82) is 0 Å². The fraction of sp³-hybridized carbons (Fsp3) is 0.846. The molecule has 2 aliphatic rings. The van der Waals surface area contributed by atoms with Gasteiger partial charge >= 0.3 is 0 Å². The van der Waals surface area contributed by atoms with Crippen molar-refractivity contribution in [1.82, 2.24) is 10.2 Å². The molecule has 0 unspecified atom stereocenters. The van der Waals surface area contributed by atoms with E-state index in [1.807, 2.05) is 0 Å². The van der Waals surface area contributed by atoms with Crippen LogP contribution in [0, 0.1) is 5.41 Å². The van der Waals surface area contributed by atoms with Crippen LogP contribution in [-0.2, 0) is 0 Å². The normalized spacial score (nSPS) is 25.1. The van der Waals surface area contributed by atoms with E-state index < -0.39 is 0 Å². The maximum atomic E-state index is 3.39. The second-order valence-corrected chi connectivity index (χ2v) is 5.64. The van der Waals surface area contributed by atoms with E-state index in [4.69, 9.17) is 0 Å². The Morgan fingerprint density at radius 3 is 2.33 bits per heavy atom. The van der Waals surface area contributed by atoms with Gasteiger partial charge in [0.2, 0.25) is 0 Å². The third-order valence-electron chi connectivity index (χ3n) is 4.07. The SMILES string of the molecule is CNC1CC2(CCN(C=C(C)C)CC2)C1. The summed E-state index contributed by atoms with van der Waals surface area (Å²) >= 11 is 0. The van der Waals surface area contributed by atoms with Crippen molar-refractivity contribution in [3.05, 3.63) is 11.8 Å². The van der Waals surface area contributed by atoms with E-state index in [9.17, 15) is 0 Å². The molecule has 1 aliphatic carbocycles. The summed E-state index contributed by atoms with van der Waals surface area (Å²) in [7, 11) is 2.09. The summed E-state index contributed by atoms with van der Waals surface area (Å²) in [6, 6.07) is 0.806. The van der Waals surface area contributed by atoms with E-state index in [-0.39, 0.29) is 0 Å². The van der Waals surface area contributed by atoms with Crippen LogP contribution in [0.3, 0.4) is 0 Å². The number of hydrogen-bond donors (Lipinski definition) is 1. The molecule has 0 aromatic carbocycles. The van der Waals surface area contributed by atoms with Crippen molar-refractivity contribution >= 4 is 0 Å². The van der Waals surface area contributed by atoms with Crippen LogP contribution in [0.2, 0.25) is 0 Å². The maximum absolute atomic E-state index is 3.39. The van der Waals surface area contributed by atoms with Gasteiger partial charge in [-0.2, -0.15) is 0 Å². The van der Waals surface area contributed by atoms with Gasteiger partial charge in [0.05, 0.1) is 0 Å². The van der Waals surface area contributed by atoms with Gasteiger partial charge in [0, 0.05) is 19.1 Å². The molecule has 1 saturated heterocycles. The molecule has 86 valence electrons. The molecule has 0 bridgehead atoms. The molecule has 1 N–H and O–H groups in total. The molecule has 15 heavy (non-hydrogen) atoms. The highest BCUT2D eigenvalue weighted by atomic mass is 15.1. The van der Waals surface area contributed by atoms with Crippen LogP contribution in [0.5, 0.6) is 0 Å². The minimum absolute atomic E-state index is 0.708. The van der Waals surface area contributed by atoms with E-state index in [0.717, 1.165) is 6.04 Å². The molecular weight excluding hydrogens is 184 g/mol. The molecule has 2 rings (SSSR count). The fourth-order valence-corrected chi connectivity index (χ4v) is 3.09. The Bertz CT molecular complexity index is 237. The molecule has 0 aromatic rings. The summed E-state index contributed by atoms with van der Waals surface area (Å²) < 4.78 is 0. The topological polar surface area (TPSA) is 15.3 Å². The van der Waals surface area contributed by atoms with Crippen LogP contribution in [0.4, 0.5) is 0 Å². The third kappa shape index (κ3) is 2.36. The molecule has 2 nitrogen and oxygen atoms in total. The van der Waals surface area contributed by atoms with Gasteiger partial charge in [-0.15, -0.1) is 0 Å². The van der Waals surface area contributed by atoms with Crippen molar-refractivity contribution in [2.75, 3.05) is 20.1 Å². The lowest BCUT2D eigenvalue weighted by molar-refractivity contribution is 0.0214. The molecule has 1 aliphatic heterocycles. The standard InChI is InChI=1S/C13H24N2/c1-11(2)10-15-6-4-13(5-7-15)8-12(9-13)14-3/h10,12,14H,4-9H2,1-3H3. The molecule has 0 atom stereocenters. The fourth-order valence-electron chi connectivity index (χ4n) is 3.09. The lowest BCUT2D eigenvalue weighted by Gasteiger charge is -2.52. The van der Waals surface area contributed by atoms with Gasteiger partial charge in [0.15, 0.2) is 0 Å². The molecule has 0 radical (unpaired) electrons. The lowest BCUT2D eigenvalue weighted by Crippen LogP contribution is -2.52. The first-order chi connectivity index (χ1) is 7.13. The summed E-state index contributed by atoms with van der Waals surface area (Å²) in [4.78, 5) is 2.49. The molecule has 1 spiro atoms. The number of nitrogens with one attached hydrogen (secondary N) is 1. The number of allylic oxidation sites excluding steroid dienone is 1. The van der Waals surface area contributed by atoms with Gasteiger partial charge in [0.1, 0.15) is 0 Å². The zero-order valence-corrected chi connectivity index (χ0v) is 10.3. The van der Waals surface area contributed by atoms with Crippen molar-refractivity contribution in [3.63, 3.8) is 0 Å². The van der Waals surface area contributed by atoms with E-state index in [2.05, 4.69) is 37.3 Å². The molecule has 1 saturated carbocycles. The Hall–Kier alpha value is -0.500. The maximum Gasteiger partial charge on any atom is 0.0177 e. The number of hydrogen-bond acceptors (Lipinski definition) is 2. The number of nitrogens with zero attached hydrogens (tertiary/aromatic N) is 1. The van der Waals surface area contributed by atoms with Crippen LogP contribution in [0.15, 0.2) is 11.8 Å². The Balaban J connectivity index is 1.81. The molecular formula is C13H24N2. The minimum atomic E-state index is 0.708. The Kier molecular flexibility index (Phi) is 3.06. The van der Waals surface area contributed by atoms with Crippen molar-refractivity contribution in [2.45, 2.75) is 45.6 Å². The second kappa shape index (κ2) is 4.17. The van der Waals surface area contributed by atoms with E-state index in [1.165, 1.54) is 44.3 Å². The van der Waals surface area contributed by atoms with E-state index >= 15 is 0 Å². The average Bonchev–Trinajstić information content (AvgIpc) is 2.15. The Morgan fingerprint density at radius 2 is 1.87 bits per heavy atom. The monoisotopic (exact) mass is 208 g/mol. The van der Waals surface area contributed by atoms with Crippen LogP contribution in [-0.4, -0.2) is 31.1 Å². The first-order valence-electron chi connectivity index (χ1n) is 6.20. The van der Waals surface area contributed by atoms with Crippen LogP contribution < -0.4 is 5.32 Å². The molecule has 1 heterocycles. The zero-order chi connectivity index (χ0) is 10.9. The molecule has 0 amide bonds. The van der Waals surface area contributed by atoms with Gasteiger partial charge in [-0.3, -0.25) is 0 Å². The van der Waals surface area contributed by atoms with E-state index in [0.29, 0.717) is 5.41 Å². The quantitative estimate of drug-likeness (QED) is 0.749. The van der Waals surface area contributed by atoms with Crippen molar-refractivity contribution < 1.29 is 0 Å². The summed E-state index contributed by atoms with van der Waals surface area (Å²) in [5.74, 6) is 0. The Morgan fingerprint density at radius 1 is 1.27 bits per heavy atom. The highest BCUT2D eigenvalue weighted by molar-refractivity contribution is 5.02. The molecule has 0 aromatic heterocycles. The van der Waals surface area contributed by atoms with Gasteiger partial charge < -0.3 is 10.2 Å². The van der Waals surface area contributed by atoms with Crippen molar-refractivity contribution in [3.8, 4) is 0 Å². The predicted molar refractivity (Wildman–Crippen MR) is 64.8 cm³/mol. The number of rotatable bonds is 2. The summed E-state index contributed by atoms with van der Waals surface area (Å²) in [5.41, 5.74) is 2.13. The van der Waals surface area contributed by atoms with Gasteiger partial charge in [0.25, 0.3) is 0 Å². The predicted octanol–water partition coefficient (Wildman–Crippen LogP) is 2.37. The van der Waals surface area contributed by atoms with Crippen LogP contribution >= 0.6 is 0 Å². The highest BCUT2D eigenvalue weighted by Gasteiger charge is 2.44. The highest BCUT2D eigenvalue weighted by Crippen LogP contribution is 2.48. The average molecular weight is 208 g/mol. The molecule has 2 heteroatoms. The van der Waals surface area contributed by atoms with Gasteiger partial charge in [-0.1, -0.05) is 5.57 Å². The zero-order valence-electron chi connectivity index (χ0n) is 10.3. The van der Waals surface area contributed by atoms with E-state index in [1.54, 1.807) is 0 Å². The number of piperidine rings is 1. The van der Waals surface area contributed by atoms with Gasteiger partial charge in [-0.05, 0) is 58.2 Å². The van der Waals surface area contributed by atoms with Crippen LogP contribution in [0.1, 0.15) is 39.5 Å².